The molecule has 1 heterocycles. The van der Waals surface area contributed by atoms with Gasteiger partial charge in [0.1, 0.15) is 5.82 Å². The first-order valence-corrected chi connectivity index (χ1v) is 7.62. The summed E-state index contributed by atoms with van der Waals surface area (Å²) in [5, 5.41) is 2.83. The fraction of sp³-hybridized carbons (Fsp3) is 0.214. The minimum absolute atomic E-state index is 0.232. The second kappa shape index (κ2) is 6.02. The van der Waals surface area contributed by atoms with Gasteiger partial charge in [-0.2, -0.15) is 4.31 Å². The highest BCUT2D eigenvalue weighted by Crippen LogP contribution is 2.18. The summed E-state index contributed by atoms with van der Waals surface area (Å²) >= 11 is 0. The van der Waals surface area contributed by atoms with Gasteiger partial charge >= 0.3 is 0 Å². The molecule has 0 spiro atoms. The molecule has 0 aliphatic rings. The lowest BCUT2D eigenvalue weighted by Crippen LogP contribution is -2.26. The molecule has 6 heteroatoms. The van der Waals surface area contributed by atoms with Crippen molar-refractivity contribution in [2.24, 2.45) is 0 Å². The van der Waals surface area contributed by atoms with Crippen LogP contribution in [0.4, 0.5) is 5.82 Å². The summed E-state index contributed by atoms with van der Waals surface area (Å²) in [7, 11) is -0.244. The zero-order valence-electron chi connectivity index (χ0n) is 11.4. The molecule has 2 rings (SSSR count). The topological polar surface area (TPSA) is 62.3 Å². The maximum Gasteiger partial charge on any atom is 0.243 e. The number of hydrogen-bond acceptors (Lipinski definition) is 4. The van der Waals surface area contributed by atoms with Crippen molar-refractivity contribution >= 4 is 15.8 Å². The van der Waals surface area contributed by atoms with E-state index in [4.69, 9.17) is 0 Å². The minimum Gasteiger partial charge on any atom is -0.373 e. The van der Waals surface area contributed by atoms with Crippen molar-refractivity contribution in [3.63, 3.8) is 0 Å². The van der Waals surface area contributed by atoms with E-state index in [1.165, 1.54) is 22.6 Å². The third-order valence-electron chi connectivity index (χ3n) is 2.94. The third kappa shape index (κ3) is 3.15. The molecule has 0 atom stereocenters. The number of pyridine rings is 1. The average Bonchev–Trinajstić information content (AvgIpc) is 2.48. The number of hydrogen-bond donors (Lipinski definition) is 1. The molecule has 2 aromatic rings. The van der Waals surface area contributed by atoms with Crippen molar-refractivity contribution in [2.45, 2.75) is 11.4 Å². The molecule has 1 aromatic heterocycles. The Hall–Kier alpha value is -1.92. The molecular formula is C14H17N3O2S. The Morgan fingerprint density at radius 3 is 2.55 bits per heavy atom. The van der Waals surface area contributed by atoms with E-state index < -0.39 is 10.0 Å². The summed E-state index contributed by atoms with van der Waals surface area (Å²) in [5.74, 6) is 0.527. The largest absolute Gasteiger partial charge is 0.373 e. The van der Waals surface area contributed by atoms with Gasteiger partial charge in [0.2, 0.25) is 10.0 Å². The van der Waals surface area contributed by atoms with Gasteiger partial charge in [0.25, 0.3) is 0 Å². The molecule has 0 saturated heterocycles. The van der Waals surface area contributed by atoms with Crippen LogP contribution in [0.25, 0.3) is 0 Å². The second-order valence-corrected chi connectivity index (χ2v) is 6.42. The molecule has 0 fully saturated rings. The van der Waals surface area contributed by atoms with E-state index in [2.05, 4.69) is 10.3 Å². The zero-order valence-corrected chi connectivity index (χ0v) is 12.3. The van der Waals surface area contributed by atoms with Crippen molar-refractivity contribution in [1.29, 1.82) is 0 Å². The molecule has 0 unspecified atom stereocenters. The molecule has 20 heavy (non-hydrogen) atoms. The molecule has 0 aliphatic carbocycles. The van der Waals surface area contributed by atoms with Crippen molar-refractivity contribution in [3.8, 4) is 0 Å². The zero-order chi connectivity index (χ0) is 14.6. The maximum atomic E-state index is 12.5. The second-order valence-electron chi connectivity index (χ2n) is 4.37. The van der Waals surface area contributed by atoms with Crippen molar-refractivity contribution < 1.29 is 8.42 Å². The summed E-state index contributed by atoms with van der Waals surface area (Å²) in [6, 6.07) is 12.5. The smallest absolute Gasteiger partial charge is 0.243 e. The third-order valence-corrected chi connectivity index (χ3v) is 4.74. The molecule has 0 saturated carbocycles. The Morgan fingerprint density at radius 1 is 1.20 bits per heavy atom. The van der Waals surface area contributed by atoms with E-state index in [0.29, 0.717) is 12.4 Å². The van der Waals surface area contributed by atoms with Crippen LogP contribution in [0.3, 0.4) is 0 Å². The predicted molar refractivity (Wildman–Crippen MR) is 78.9 cm³/mol. The molecule has 0 radical (unpaired) electrons. The Labute approximate surface area is 119 Å². The van der Waals surface area contributed by atoms with E-state index in [0.717, 1.165) is 5.56 Å². The van der Waals surface area contributed by atoms with Crippen molar-refractivity contribution in [3.05, 3.63) is 54.2 Å². The van der Waals surface area contributed by atoms with Gasteiger partial charge in [-0.05, 0) is 11.6 Å². The normalized spacial score (nSPS) is 11.6. The number of rotatable bonds is 5. The van der Waals surface area contributed by atoms with Crippen molar-refractivity contribution in [1.82, 2.24) is 9.29 Å². The molecule has 0 amide bonds. The molecule has 106 valence electrons. The van der Waals surface area contributed by atoms with Crippen LogP contribution < -0.4 is 5.32 Å². The molecule has 1 N–H and O–H groups in total. The fourth-order valence-corrected chi connectivity index (χ4v) is 2.99. The van der Waals surface area contributed by atoms with Crippen LogP contribution in [-0.4, -0.2) is 31.8 Å². The van der Waals surface area contributed by atoms with E-state index in [-0.39, 0.29) is 4.90 Å². The summed E-state index contributed by atoms with van der Waals surface area (Å²) < 4.78 is 26.3. The van der Waals surface area contributed by atoms with Gasteiger partial charge in [-0.3, -0.25) is 0 Å². The Bertz CT molecular complexity index is 672. The van der Waals surface area contributed by atoms with Gasteiger partial charge in [-0.25, -0.2) is 13.4 Å². The molecule has 0 aliphatic heterocycles. The van der Waals surface area contributed by atoms with Crippen LogP contribution >= 0.6 is 0 Å². The number of nitrogens with one attached hydrogen (secondary N) is 1. The van der Waals surface area contributed by atoms with E-state index in [9.17, 15) is 8.42 Å². The fourth-order valence-electron chi connectivity index (χ4n) is 1.81. The summed E-state index contributed by atoms with van der Waals surface area (Å²) in [6.07, 6.45) is 1.48. The van der Waals surface area contributed by atoms with Crippen LogP contribution in [-0.2, 0) is 16.6 Å². The van der Waals surface area contributed by atoms with Crippen LogP contribution in [0.1, 0.15) is 5.56 Å². The maximum absolute atomic E-state index is 12.5. The van der Waals surface area contributed by atoms with Crippen LogP contribution in [0, 0.1) is 0 Å². The Kier molecular flexibility index (Phi) is 4.36. The van der Waals surface area contributed by atoms with Gasteiger partial charge in [0, 0.05) is 32.9 Å². The summed E-state index contributed by atoms with van der Waals surface area (Å²) in [5.41, 5.74) is 0.946. The SMILES string of the molecule is CNc1cc(S(=O)(=O)N(C)Cc2ccccc2)ccn1. The van der Waals surface area contributed by atoms with E-state index >= 15 is 0 Å². The van der Waals surface area contributed by atoms with Crippen LogP contribution in [0.15, 0.2) is 53.6 Å². The molecular weight excluding hydrogens is 274 g/mol. The lowest BCUT2D eigenvalue weighted by atomic mass is 10.2. The molecule has 5 nitrogen and oxygen atoms in total. The monoisotopic (exact) mass is 291 g/mol. The number of benzene rings is 1. The van der Waals surface area contributed by atoms with Crippen LogP contribution in [0.5, 0.6) is 0 Å². The summed E-state index contributed by atoms with van der Waals surface area (Å²) in [6.45, 7) is 0.334. The van der Waals surface area contributed by atoms with E-state index in [1.54, 1.807) is 14.1 Å². The highest BCUT2D eigenvalue weighted by atomic mass is 32.2. The number of aromatic nitrogens is 1. The lowest BCUT2D eigenvalue weighted by Gasteiger charge is -2.17. The minimum atomic E-state index is -3.52. The van der Waals surface area contributed by atoms with Gasteiger partial charge in [-0.15, -0.1) is 0 Å². The first kappa shape index (κ1) is 14.5. The first-order valence-electron chi connectivity index (χ1n) is 6.18. The predicted octanol–water partition coefficient (Wildman–Crippen LogP) is 1.94. The van der Waals surface area contributed by atoms with Gasteiger partial charge in [-0.1, -0.05) is 30.3 Å². The van der Waals surface area contributed by atoms with Crippen molar-refractivity contribution in [2.75, 3.05) is 19.4 Å². The highest BCUT2D eigenvalue weighted by Gasteiger charge is 2.21. The Morgan fingerprint density at radius 2 is 1.90 bits per heavy atom. The number of anilines is 1. The van der Waals surface area contributed by atoms with Gasteiger partial charge in [0.05, 0.1) is 4.90 Å². The van der Waals surface area contributed by atoms with Gasteiger partial charge in [0.15, 0.2) is 0 Å². The highest BCUT2D eigenvalue weighted by molar-refractivity contribution is 7.89. The van der Waals surface area contributed by atoms with Gasteiger partial charge < -0.3 is 5.32 Å². The lowest BCUT2D eigenvalue weighted by molar-refractivity contribution is 0.466. The van der Waals surface area contributed by atoms with E-state index in [1.807, 2.05) is 30.3 Å². The standard InChI is InChI=1S/C14H17N3O2S/c1-15-14-10-13(8-9-16-14)20(18,19)17(2)11-12-6-4-3-5-7-12/h3-10H,11H2,1-2H3,(H,15,16). The van der Waals surface area contributed by atoms with Crippen LogP contribution in [0.2, 0.25) is 0 Å². The summed E-state index contributed by atoms with van der Waals surface area (Å²) in [4.78, 5) is 4.25. The average molecular weight is 291 g/mol. The molecule has 1 aromatic carbocycles. The number of sulfonamides is 1. The quantitative estimate of drug-likeness (QED) is 0.914. The number of nitrogens with zero attached hydrogens (tertiary/aromatic N) is 2. The first-order chi connectivity index (χ1) is 9.54. The Balaban J connectivity index is 2.25. The molecule has 0 bridgehead atoms.